The highest BCUT2D eigenvalue weighted by Gasteiger charge is 2.45. The number of ketones is 1. The third-order valence-electron chi connectivity index (χ3n) is 8.85. The van der Waals surface area contributed by atoms with Crippen LogP contribution in [0.25, 0.3) is 0 Å². The maximum absolute atomic E-state index is 14.5. The molecule has 4 rings (SSSR count). The van der Waals surface area contributed by atoms with Crippen molar-refractivity contribution in [3.05, 3.63) is 18.2 Å². The van der Waals surface area contributed by atoms with Crippen LogP contribution in [0.3, 0.4) is 0 Å². The Hall–Kier alpha value is -3.18. The van der Waals surface area contributed by atoms with Crippen LogP contribution in [0.1, 0.15) is 87.5 Å². The van der Waals surface area contributed by atoms with Crippen molar-refractivity contribution in [2.24, 2.45) is 17.8 Å². The fourth-order valence-electron chi connectivity index (χ4n) is 6.26. The van der Waals surface area contributed by atoms with Crippen molar-refractivity contribution in [1.29, 1.82) is 0 Å². The summed E-state index contributed by atoms with van der Waals surface area (Å²) in [6.45, 7) is 17.7. The molecular weight excluding hydrogens is 602 g/mol. The summed E-state index contributed by atoms with van der Waals surface area (Å²) in [4.78, 5) is 59.8. The molecule has 1 unspecified atom stereocenters. The van der Waals surface area contributed by atoms with Crippen LogP contribution in [0.5, 0.6) is 5.75 Å². The van der Waals surface area contributed by atoms with Crippen LogP contribution < -0.4 is 14.5 Å². The lowest BCUT2D eigenvalue weighted by atomic mass is 9.83. The zero-order valence-electron chi connectivity index (χ0n) is 29.6. The standard InChI is InChI=1S/C36H55N3O8/c1-9-44-18-17-38-29-20-28(14-16-31(29)46-36(7,8)33(38)42)39(27-12-13-27)32(41)26-19-25(30(40)15-11-24(3)23-45-10-2)21-37(22-26)34(43)47-35(4,5)6/h14,16,20,24-27H,9-13,15,17-19,21-23H2,1-8H3/t24?,25-,26+/m0/s1. The van der Waals surface area contributed by atoms with Gasteiger partial charge in [0.25, 0.3) is 5.91 Å². The van der Waals surface area contributed by atoms with E-state index in [1.807, 2.05) is 32.0 Å². The van der Waals surface area contributed by atoms with Gasteiger partial charge in [0.05, 0.1) is 18.2 Å². The summed E-state index contributed by atoms with van der Waals surface area (Å²) in [7, 11) is 0. The van der Waals surface area contributed by atoms with Gasteiger partial charge < -0.3 is 33.6 Å². The van der Waals surface area contributed by atoms with Crippen LogP contribution in [-0.4, -0.2) is 91.9 Å². The van der Waals surface area contributed by atoms with Gasteiger partial charge in [0, 0.05) is 63.5 Å². The first-order valence-electron chi connectivity index (χ1n) is 17.3. The Labute approximate surface area is 280 Å². The van der Waals surface area contributed by atoms with Gasteiger partial charge in [-0.05, 0) is 98.3 Å². The second kappa shape index (κ2) is 15.4. The van der Waals surface area contributed by atoms with Crippen molar-refractivity contribution in [2.45, 2.75) is 105 Å². The van der Waals surface area contributed by atoms with Crippen LogP contribution in [0.4, 0.5) is 16.2 Å². The molecule has 0 N–H and O–H groups in total. The Kier molecular flexibility index (Phi) is 12.0. The molecule has 0 aromatic heterocycles. The van der Waals surface area contributed by atoms with Gasteiger partial charge in [-0.25, -0.2) is 4.79 Å². The average molecular weight is 658 g/mol. The van der Waals surface area contributed by atoms with Gasteiger partial charge >= 0.3 is 6.09 Å². The molecular formula is C36H55N3O8. The maximum Gasteiger partial charge on any atom is 0.410 e. The van der Waals surface area contributed by atoms with E-state index in [0.717, 1.165) is 12.8 Å². The molecule has 2 heterocycles. The van der Waals surface area contributed by atoms with E-state index in [2.05, 4.69) is 6.92 Å². The summed E-state index contributed by atoms with van der Waals surface area (Å²) in [6, 6.07) is 5.53. The third-order valence-corrected chi connectivity index (χ3v) is 8.85. The number of likely N-dealkylation sites (tertiary alicyclic amines) is 1. The number of benzene rings is 1. The number of carbonyl (C=O) groups excluding carboxylic acids is 4. The SMILES string of the molecule is CCOCCN1C(=O)C(C)(C)Oc2ccc(N(C(=O)[C@@H]3C[C@H](C(=O)CCC(C)COCC)CN(C(=O)OC(C)(C)C)C3)C3CC3)cc21. The molecule has 3 aliphatic rings. The van der Waals surface area contributed by atoms with Gasteiger partial charge in [-0.2, -0.15) is 0 Å². The lowest BCUT2D eigenvalue weighted by Crippen LogP contribution is -2.53. The molecule has 0 spiro atoms. The largest absolute Gasteiger partial charge is 0.476 e. The zero-order chi connectivity index (χ0) is 34.5. The molecule has 47 heavy (non-hydrogen) atoms. The molecule has 0 radical (unpaired) electrons. The number of nitrogens with zero attached hydrogens (tertiary/aromatic N) is 3. The molecule has 1 aromatic carbocycles. The fourth-order valence-corrected chi connectivity index (χ4v) is 6.26. The van der Waals surface area contributed by atoms with Crippen LogP contribution >= 0.6 is 0 Å². The van der Waals surface area contributed by atoms with Gasteiger partial charge in [-0.15, -0.1) is 0 Å². The van der Waals surface area contributed by atoms with Crippen LogP contribution in [-0.2, 0) is 28.6 Å². The molecule has 1 saturated carbocycles. The first-order chi connectivity index (χ1) is 22.1. The first-order valence-corrected chi connectivity index (χ1v) is 17.3. The lowest BCUT2D eigenvalue weighted by molar-refractivity contribution is -0.133. The van der Waals surface area contributed by atoms with E-state index < -0.39 is 29.1 Å². The Balaban J connectivity index is 1.60. The third kappa shape index (κ3) is 9.47. The number of Topliss-reactive ketones (excluding diaryl/α,β-unsaturated/α-hetero) is 1. The Morgan fingerprint density at radius 2 is 1.74 bits per heavy atom. The normalized spacial score (nSPS) is 21.5. The molecule has 3 atom stereocenters. The highest BCUT2D eigenvalue weighted by molar-refractivity contribution is 6.04. The predicted molar refractivity (Wildman–Crippen MR) is 180 cm³/mol. The van der Waals surface area contributed by atoms with Gasteiger partial charge in [0.1, 0.15) is 17.1 Å². The van der Waals surface area contributed by atoms with Crippen molar-refractivity contribution in [2.75, 3.05) is 55.9 Å². The number of anilines is 2. The molecule has 2 aliphatic heterocycles. The van der Waals surface area contributed by atoms with Crippen molar-refractivity contribution < 1.29 is 38.1 Å². The monoisotopic (exact) mass is 657 g/mol. The summed E-state index contributed by atoms with van der Waals surface area (Å²) >= 11 is 0. The smallest absolute Gasteiger partial charge is 0.410 e. The van der Waals surface area contributed by atoms with Crippen molar-refractivity contribution >= 4 is 35.1 Å². The minimum atomic E-state index is -1.04. The maximum atomic E-state index is 14.5. The van der Waals surface area contributed by atoms with E-state index >= 15 is 0 Å². The van der Waals surface area contributed by atoms with Gasteiger partial charge in [-0.3, -0.25) is 14.4 Å². The molecule has 2 fully saturated rings. The summed E-state index contributed by atoms with van der Waals surface area (Å²) in [5.41, 5.74) is -0.496. The Morgan fingerprint density at radius 3 is 2.38 bits per heavy atom. The molecule has 11 nitrogen and oxygen atoms in total. The van der Waals surface area contributed by atoms with E-state index in [0.29, 0.717) is 69.4 Å². The quantitative estimate of drug-likeness (QED) is 0.237. The highest BCUT2D eigenvalue weighted by atomic mass is 16.6. The van der Waals surface area contributed by atoms with E-state index in [1.165, 1.54) is 4.90 Å². The molecule has 1 aromatic rings. The van der Waals surface area contributed by atoms with Crippen LogP contribution in [0.2, 0.25) is 0 Å². The van der Waals surface area contributed by atoms with E-state index in [1.54, 1.807) is 44.4 Å². The Bertz CT molecular complexity index is 1290. The van der Waals surface area contributed by atoms with Gasteiger partial charge in [0.2, 0.25) is 5.91 Å². The van der Waals surface area contributed by atoms with Gasteiger partial charge in [-0.1, -0.05) is 6.92 Å². The van der Waals surface area contributed by atoms with E-state index in [9.17, 15) is 19.2 Å². The van der Waals surface area contributed by atoms with Crippen molar-refractivity contribution in [1.82, 2.24) is 4.90 Å². The molecule has 1 aliphatic carbocycles. The van der Waals surface area contributed by atoms with Crippen LogP contribution in [0, 0.1) is 17.8 Å². The lowest BCUT2D eigenvalue weighted by Gasteiger charge is -2.40. The number of hydrogen-bond donors (Lipinski definition) is 0. The molecule has 262 valence electrons. The minimum Gasteiger partial charge on any atom is -0.476 e. The number of ether oxygens (including phenoxy) is 4. The van der Waals surface area contributed by atoms with E-state index in [4.69, 9.17) is 18.9 Å². The Morgan fingerprint density at radius 1 is 1.06 bits per heavy atom. The fraction of sp³-hybridized carbons (Fsp3) is 0.722. The number of amides is 3. The predicted octanol–water partition coefficient (Wildman–Crippen LogP) is 5.62. The van der Waals surface area contributed by atoms with Gasteiger partial charge in [0.15, 0.2) is 5.60 Å². The summed E-state index contributed by atoms with van der Waals surface area (Å²) in [6.07, 6.45) is 2.58. The molecule has 11 heteroatoms. The summed E-state index contributed by atoms with van der Waals surface area (Å²) in [5, 5.41) is 0. The van der Waals surface area contributed by atoms with Crippen molar-refractivity contribution in [3.63, 3.8) is 0 Å². The number of piperidine rings is 1. The zero-order valence-corrected chi connectivity index (χ0v) is 29.6. The second-order valence-electron chi connectivity index (χ2n) is 14.6. The first kappa shape index (κ1) is 36.7. The average Bonchev–Trinajstić information content (AvgIpc) is 3.85. The molecule has 3 amide bonds. The minimum absolute atomic E-state index is 0.000420. The summed E-state index contributed by atoms with van der Waals surface area (Å²) < 4.78 is 22.9. The van der Waals surface area contributed by atoms with E-state index in [-0.39, 0.29) is 42.6 Å². The molecule has 0 bridgehead atoms. The molecule has 1 saturated heterocycles. The second-order valence-corrected chi connectivity index (χ2v) is 14.6. The number of fused-ring (bicyclic) bond motifs is 1. The van der Waals surface area contributed by atoms with Crippen LogP contribution in [0.15, 0.2) is 18.2 Å². The number of hydrogen-bond acceptors (Lipinski definition) is 8. The highest BCUT2D eigenvalue weighted by Crippen LogP contribution is 2.43. The number of rotatable bonds is 14. The van der Waals surface area contributed by atoms with Crippen molar-refractivity contribution in [3.8, 4) is 5.75 Å². The topological polar surface area (TPSA) is 115 Å². The number of carbonyl (C=O) groups is 4. The summed E-state index contributed by atoms with van der Waals surface area (Å²) in [5.74, 6) is -0.531.